The maximum Gasteiger partial charge on any atom is 0.306 e. The molecule has 6 nitrogen and oxygen atoms in total. The van der Waals surface area contributed by atoms with Crippen LogP contribution in [0.1, 0.15) is 194 Å². The molecule has 0 aliphatic carbocycles. The van der Waals surface area contributed by atoms with Gasteiger partial charge in [-0.15, -0.1) is 0 Å². The summed E-state index contributed by atoms with van der Waals surface area (Å²) >= 11 is 0. The highest BCUT2D eigenvalue weighted by molar-refractivity contribution is 5.71. The minimum atomic E-state index is -0.784. The van der Waals surface area contributed by atoms with Crippen LogP contribution in [-0.4, -0.2) is 37.2 Å². The lowest BCUT2D eigenvalue weighted by Gasteiger charge is -2.18. The third-order valence-corrected chi connectivity index (χ3v) is 8.91. The summed E-state index contributed by atoms with van der Waals surface area (Å²) in [6.45, 7) is 6.40. The number of esters is 3. The minimum Gasteiger partial charge on any atom is -0.462 e. The zero-order valence-electron chi connectivity index (χ0n) is 33.8. The van der Waals surface area contributed by atoms with E-state index in [2.05, 4.69) is 32.9 Å². The summed E-state index contributed by atoms with van der Waals surface area (Å²) in [5.74, 6) is -0.939. The fourth-order valence-corrected chi connectivity index (χ4v) is 5.70. The van der Waals surface area contributed by atoms with Crippen LogP contribution in [0, 0.1) is 0 Å². The van der Waals surface area contributed by atoms with Gasteiger partial charge in [0.2, 0.25) is 0 Å². The van der Waals surface area contributed by atoms with Crippen LogP contribution in [-0.2, 0) is 28.6 Å². The summed E-state index contributed by atoms with van der Waals surface area (Å²) in [4.78, 5) is 37.5. The Bertz CT molecular complexity index is 975. The molecular weight excluding hydrogens is 648 g/mol. The highest BCUT2D eigenvalue weighted by Crippen LogP contribution is 2.14. The summed E-state index contributed by atoms with van der Waals surface area (Å²) in [5, 5.41) is 0. The quantitative estimate of drug-likeness (QED) is 0.0274. The van der Waals surface area contributed by atoms with E-state index in [1.165, 1.54) is 83.5 Å². The van der Waals surface area contributed by atoms with Gasteiger partial charge in [-0.25, -0.2) is 0 Å². The summed E-state index contributed by atoms with van der Waals surface area (Å²) in [7, 11) is 0. The van der Waals surface area contributed by atoms with E-state index in [4.69, 9.17) is 14.2 Å². The van der Waals surface area contributed by atoms with Gasteiger partial charge in [0, 0.05) is 19.3 Å². The van der Waals surface area contributed by atoms with Crippen molar-refractivity contribution in [3.05, 3.63) is 60.8 Å². The maximum absolute atomic E-state index is 12.6. The Morgan fingerprint density at radius 1 is 0.404 bits per heavy atom. The van der Waals surface area contributed by atoms with Crippen molar-refractivity contribution in [3.63, 3.8) is 0 Å². The van der Waals surface area contributed by atoms with E-state index in [1.807, 2.05) is 48.6 Å². The number of hydrogen-bond donors (Lipinski definition) is 0. The third-order valence-electron chi connectivity index (χ3n) is 8.91. The smallest absolute Gasteiger partial charge is 0.306 e. The Hall–Kier alpha value is -2.89. The van der Waals surface area contributed by atoms with Crippen LogP contribution in [0.5, 0.6) is 0 Å². The SMILES string of the molecule is CC\C=C/C=C\C=C/C=C\C=C/CCCCCC(=O)OCC(COC(=O)CCCCCCCCCCC)OC(=O)CCCCCCCCCCCC. The van der Waals surface area contributed by atoms with Crippen LogP contribution < -0.4 is 0 Å². The number of hydrogen-bond acceptors (Lipinski definition) is 6. The molecule has 52 heavy (non-hydrogen) atoms. The lowest BCUT2D eigenvalue weighted by Crippen LogP contribution is -2.30. The molecule has 0 aromatic heterocycles. The monoisotopic (exact) mass is 727 g/mol. The Kier molecular flexibility index (Phi) is 38.6. The van der Waals surface area contributed by atoms with E-state index in [0.717, 1.165) is 70.6 Å². The van der Waals surface area contributed by atoms with Gasteiger partial charge >= 0.3 is 17.9 Å². The number of rotatable bonds is 37. The van der Waals surface area contributed by atoms with Crippen molar-refractivity contribution in [2.45, 2.75) is 200 Å². The molecule has 0 rings (SSSR count). The lowest BCUT2D eigenvalue weighted by molar-refractivity contribution is -0.167. The van der Waals surface area contributed by atoms with Gasteiger partial charge in [0.15, 0.2) is 6.10 Å². The summed E-state index contributed by atoms with van der Waals surface area (Å²) in [5.41, 5.74) is 0. The predicted molar refractivity (Wildman–Crippen MR) is 219 cm³/mol. The third kappa shape index (κ3) is 38.3. The number of allylic oxidation sites excluding steroid dienone is 10. The van der Waals surface area contributed by atoms with Gasteiger partial charge in [0.25, 0.3) is 0 Å². The first-order chi connectivity index (χ1) is 25.5. The van der Waals surface area contributed by atoms with Crippen molar-refractivity contribution in [2.75, 3.05) is 13.2 Å². The van der Waals surface area contributed by atoms with Crippen molar-refractivity contribution in [3.8, 4) is 0 Å². The standard InChI is InChI=1S/C46H78O6/c1-4-7-10-13-16-19-21-22-23-24-25-28-30-33-36-39-45(48)51-42-43(41-50-44(47)38-35-32-29-26-18-15-12-9-6-3)52-46(49)40-37-34-31-27-20-17-14-11-8-5-2/h7,10,13,16,19,21-25,43H,4-6,8-9,11-12,14-15,17-18,20,26-42H2,1-3H3/b10-7-,16-13-,21-19-,23-22-,25-24-. The zero-order valence-corrected chi connectivity index (χ0v) is 33.8. The average Bonchev–Trinajstić information content (AvgIpc) is 3.14. The molecule has 6 heteroatoms. The molecule has 0 saturated carbocycles. The molecule has 0 aliphatic rings. The van der Waals surface area contributed by atoms with Crippen LogP contribution in [0.4, 0.5) is 0 Å². The molecule has 1 atom stereocenters. The Balaban J connectivity index is 4.44. The molecule has 0 fully saturated rings. The topological polar surface area (TPSA) is 78.9 Å². The number of ether oxygens (including phenoxy) is 3. The molecule has 0 saturated heterocycles. The fraction of sp³-hybridized carbons (Fsp3) is 0.717. The van der Waals surface area contributed by atoms with E-state index >= 15 is 0 Å². The second-order valence-electron chi connectivity index (χ2n) is 14.0. The second kappa shape index (κ2) is 40.9. The molecule has 1 unspecified atom stereocenters. The van der Waals surface area contributed by atoms with Crippen molar-refractivity contribution >= 4 is 17.9 Å². The highest BCUT2D eigenvalue weighted by atomic mass is 16.6. The normalized spacial score (nSPS) is 12.6. The zero-order chi connectivity index (χ0) is 38.0. The van der Waals surface area contributed by atoms with Crippen molar-refractivity contribution in [1.82, 2.24) is 0 Å². The van der Waals surface area contributed by atoms with E-state index in [1.54, 1.807) is 0 Å². The molecule has 0 radical (unpaired) electrons. The summed E-state index contributed by atoms with van der Waals surface area (Å²) in [6, 6.07) is 0. The van der Waals surface area contributed by atoms with E-state index in [0.29, 0.717) is 19.3 Å². The predicted octanol–water partition coefficient (Wildman–Crippen LogP) is 13.4. The van der Waals surface area contributed by atoms with E-state index in [-0.39, 0.29) is 31.1 Å². The van der Waals surface area contributed by atoms with Gasteiger partial charge in [0.05, 0.1) is 0 Å². The lowest BCUT2D eigenvalue weighted by atomic mass is 10.1. The molecule has 0 aromatic rings. The van der Waals surface area contributed by atoms with Crippen molar-refractivity contribution in [2.24, 2.45) is 0 Å². The van der Waals surface area contributed by atoms with Crippen molar-refractivity contribution in [1.29, 1.82) is 0 Å². The van der Waals surface area contributed by atoms with Gasteiger partial charge in [-0.05, 0) is 38.5 Å². The van der Waals surface area contributed by atoms with Gasteiger partial charge in [-0.2, -0.15) is 0 Å². The van der Waals surface area contributed by atoms with Crippen LogP contribution in [0.15, 0.2) is 60.8 Å². The van der Waals surface area contributed by atoms with Crippen LogP contribution in [0.25, 0.3) is 0 Å². The second-order valence-corrected chi connectivity index (χ2v) is 14.0. The first-order valence-corrected chi connectivity index (χ1v) is 21.4. The van der Waals surface area contributed by atoms with Crippen LogP contribution in [0.2, 0.25) is 0 Å². The minimum absolute atomic E-state index is 0.0864. The molecule has 0 amide bonds. The molecular formula is C46H78O6. The van der Waals surface area contributed by atoms with E-state index in [9.17, 15) is 14.4 Å². The highest BCUT2D eigenvalue weighted by Gasteiger charge is 2.19. The molecule has 0 spiro atoms. The Labute approximate surface area is 320 Å². The van der Waals surface area contributed by atoms with Gasteiger partial charge < -0.3 is 14.2 Å². The molecule has 0 heterocycles. The first kappa shape index (κ1) is 49.1. The number of carbonyl (C=O) groups is 3. The Morgan fingerprint density at radius 3 is 1.17 bits per heavy atom. The largest absolute Gasteiger partial charge is 0.462 e. The van der Waals surface area contributed by atoms with Gasteiger partial charge in [-0.3, -0.25) is 14.4 Å². The molecule has 0 aromatic carbocycles. The molecule has 298 valence electrons. The summed E-state index contributed by atoms with van der Waals surface area (Å²) in [6.07, 6.45) is 47.7. The maximum atomic E-state index is 12.6. The average molecular weight is 727 g/mol. The molecule has 0 aliphatic heterocycles. The van der Waals surface area contributed by atoms with Crippen molar-refractivity contribution < 1.29 is 28.6 Å². The van der Waals surface area contributed by atoms with Gasteiger partial charge in [-0.1, -0.05) is 197 Å². The fourth-order valence-electron chi connectivity index (χ4n) is 5.70. The summed E-state index contributed by atoms with van der Waals surface area (Å²) < 4.78 is 16.6. The van der Waals surface area contributed by atoms with Crippen LogP contribution in [0.3, 0.4) is 0 Å². The van der Waals surface area contributed by atoms with Gasteiger partial charge in [0.1, 0.15) is 13.2 Å². The Morgan fingerprint density at radius 2 is 0.750 bits per heavy atom. The number of carbonyl (C=O) groups excluding carboxylic acids is 3. The molecule has 0 N–H and O–H groups in total. The first-order valence-electron chi connectivity index (χ1n) is 21.4. The molecule has 0 bridgehead atoms. The van der Waals surface area contributed by atoms with E-state index < -0.39 is 6.10 Å². The number of unbranched alkanes of at least 4 members (excludes halogenated alkanes) is 20. The van der Waals surface area contributed by atoms with Crippen LogP contribution >= 0.6 is 0 Å².